The minimum atomic E-state index is -0.0266. The zero-order valence-electron chi connectivity index (χ0n) is 5.44. The van der Waals surface area contributed by atoms with Gasteiger partial charge in [-0.15, -0.1) is 0 Å². The Hall–Kier alpha value is -0.630. The molecule has 0 aromatic heterocycles. The van der Waals surface area contributed by atoms with Crippen molar-refractivity contribution in [2.24, 2.45) is 0 Å². The van der Waals surface area contributed by atoms with Crippen LogP contribution in [0.4, 0.5) is 0 Å². The van der Waals surface area contributed by atoms with Crippen LogP contribution in [-0.2, 0) is 9.53 Å². The van der Waals surface area contributed by atoms with Gasteiger partial charge in [0.05, 0.1) is 6.61 Å². The normalized spacial score (nSPS) is 18.8. The minimum absolute atomic E-state index is 0.0266. The Morgan fingerprint density at radius 3 is 2.44 bits per heavy atom. The Kier molecular flexibility index (Phi) is 1.67. The molecule has 9 heavy (non-hydrogen) atoms. The maximum atomic E-state index is 10.9. The van der Waals surface area contributed by atoms with E-state index in [0.29, 0.717) is 18.3 Å². The first-order chi connectivity index (χ1) is 4.22. The van der Waals surface area contributed by atoms with Crippen LogP contribution in [-0.4, -0.2) is 12.4 Å². The van der Waals surface area contributed by atoms with Gasteiger partial charge in [-0.05, 0) is 12.5 Å². The van der Waals surface area contributed by atoms with Crippen LogP contribution in [0.25, 0.3) is 0 Å². The van der Waals surface area contributed by atoms with Crippen molar-refractivity contribution in [3.05, 3.63) is 18.3 Å². The van der Waals surface area contributed by atoms with E-state index in [4.69, 9.17) is 4.74 Å². The molecular formula is C7H9O2. The number of carbonyl (C=O) groups excluding carboxylic acids is 1. The summed E-state index contributed by atoms with van der Waals surface area (Å²) in [6.07, 6.45) is 1.36. The lowest BCUT2D eigenvalue weighted by atomic mass is 10.0. The Balaban J connectivity index is 2.42. The predicted octanol–water partition coefficient (Wildman–Crippen LogP) is 1.08. The van der Waals surface area contributed by atoms with Gasteiger partial charge >= 0.3 is 0 Å². The van der Waals surface area contributed by atoms with E-state index in [1.54, 1.807) is 6.92 Å². The number of hydrogen-bond acceptors (Lipinski definition) is 2. The van der Waals surface area contributed by atoms with Crippen molar-refractivity contribution in [1.82, 2.24) is 0 Å². The second-order valence-corrected chi connectivity index (χ2v) is 2.13. The summed E-state index contributed by atoms with van der Waals surface area (Å²) in [7, 11) is 0. The third-order valence-corrected chi connectivity index (χ3v) is 1.25. The molecule has 0 bridgehead atoms. The molecule has 0 unspecified atom stereocenters. The highest BCUT2D eigenvalue weighted by Crippen LogP contribution is 2.22. The van der Waals surface area contributed by atoms with Crippen LogP contribution < -0.4 is 0 Å². The Bertz CT molecular complexity index is 145. The van der Waals surface area contributed by atoms with Crippen molar-refractivity contribution in [3.8, 4) is 0 Å². The largest absolute Gasteiger partial charge is 0.363 e. The molecule has 49 valence electrons. The van der Waals surface area contributed by atoms with Gasteiger partial charge in [0, 0.05) is 6.42 Å². The van der Waals surface area contributed by atoms with Crippen molar-refractivity contribution in [2.75, 3.05) is 6.61 Å². The highest BCUT2D eigenvalue weighted by molar-refractivity contribution is 6.03. The van der Waals surface area contributed by atoms with Crippen molar-refractivity contribution in [2.45, 2.75) is 13.3 Å². The fourth-order valence-corrected chi connectivity index (χ4v) is 0.621. The third kappa shape index (κ3) is 1.19. The summed E-state index contributed by atoms with van der Waals surface area (Å²) in [5.74, 6) is -0.0266. The van der Waals surface area contributed by atoms with E-state index in [2.05, 4.69) is 6.58 Å². The first-order valence-corrected chi connectivity index (χ1v) is 2.90. The van der Waals surface area contributed by atoms with Gasteiger partial charge < -0.3 is 4.74 Å². The lowest BCUT2D eigenvalue weighted by Gasteiger charge is -2.23. The van der Waals surface area contributed by atoms with E-state index in [1.165, 1.54) is 0 Å². The lowest BCUT2D eigenvalue weighted by Crippen LogP contribution is -2.26. The summed E-state index contributed by atoms with van der Waals surface area (Å²) >= 11 is 0. The third-order valence-electron chi connectivity index (χ3n) is 1.25. The average Bonchev–Trinajstić information content (AvgIpc) is 1.60. The molecule has 0 atom stereocenters. The first kappa shape index (κ1) is 6.49. The molecule has 0 spiro atoms. The van der Waals surface area contributed by atoms with Crippen LogP contribution in [0.15, 0.2) is 12.2 Å². The number of ether oxygens (including phenoxy) is 1. The standard InChI is InChI=1S/C7H9O2/c1-5(2)7(8)6-3-4-9-6/h1,3-4H2,2H3. The SMILES string of the molecule is C=C(C)C(=O)[C]1CCO1. The summed E-state index contributed by atoms with van der Waals surface area (Å²) in [6, 6.07) is 0. The number of Topliss-reactive ketones (excluding diaryl/α,β-unsaturated/α-hetero) is 1. The molecule has 1 saturated heterocycles. The monoisotopic (exact) mass is 125 g/mol. The molecule has 0 amide bonds. The lowest BCUT2D eigenvalue weighted by molar-refractivity contribution is -0.124. The molecule has 1 heterocycles. The maximum Gasteiger partial charge on any atom is 0.193 e. The van der Waals surface area contributed by atoms with Crippen molar-refractivity contribution in [1.29, 1.82) is 0 Å². The smallest absolute Gasteiger partial charge is 0.193 e. The van der Waals surface area contributed by atoms with Crippen LogP contribution >= 0.6 is 0 Å². The topological polar surface area (TPSA) is 26.3 Å². The van der Waals surface area contributed by atoms with Crippen molar-refractivity contribution < 1.29 is 9.53 Å². The predicted molar refractivity (Wildman–Crippen MR) is 33.6 cm³/mol. The molecular weight excluding hydrogens is 116 g/mol. The van der Waals surface area contributed by atoms with Gasteiger partial charge in [-0.1, -0.05) is 6.58 Å². The molecule has 0 aromatic rings. The van der Waals surface area contributed by atoms with Gasteiger partial charge in [-0.3, -0.25) is 4.79 Å². The van der Waals surface area contributed by atoms with E-state index in [-0.39, 0.29) is 5.78 Å². The minimum Gasteiger partial charge on any atom is -0.363 e. The fourth-order valence-electron chi connectivity index (χ4n) is 0.621. The van der Waals surface area contributed by atoms with E-state index in [9.17, 15) is 4.79 Å². The van der Waals surface area contributed by atoms with Crippen LogP contribution in [0.5, 0.6) is 0 Å². The van der Waals surface area contributed by atoms with Crippen LogP contribution in [0.3, 0.4) is 0 Å². The summed E-state index contributed by atoms with van der Waals surface area (Å²) in [5.41, 5.74) is 0.560. The molecule has 0 aliphatic carbocycles. The molecule has 2 nitrogen and oxygen atoms in total. The van der Waals surface area contributed by atoms with Gasteiger partial charge in [-0.25, -0.2) is 0 Å². The van der Waals surface area contributed by atoms with Crippen LogP contribution in [0.1, 0.15) is 13.3 Å². The molecule has 0 aromatic carbocycles. The number of hydrogen-bond donors (Lipinski definition) is 0. The van der Waals surface area contributed by atoms with Gasteiger partial charge in [0.1, 0.15) is 0 Å². The summed E-state index contributed by atoms with van der Waals surface area (Å²) < 4.78 is 4.86. The van der Waals surface area contributed by atoms with Gasteiger partial charge in [-0.2, -0.15) is 0 Å². The Labute approximate surface area is 54.5 Å². The fraction of sp³-hybridized carbons (Fsp3) is 0.429. The molecule has 1 aliphatic rings. The maximum absolute atomic E-state index is 10.9. The molecule has 2 heteroatoms. The van der Waals surface area contributed by atoms with E-state index >= 15 is 0 Å². The average molecular weight is 125 g/mol. The Morgan fingerprint density at radius 1 is 1.78 bits per heavy atom. The van der Waals surface area contributed by atoms with E-state index in [0.717, 1.165) is 6.42 Å². The van der Waals surface area contributed by atoms with Gasteiger partial charge in [0.25, 0.3) is 0 Å². The van der Waals surface area contributed by atoms with Crippen molar-refractivity contribution in [3.63, 3.8) is 0 Å². The molecule has 1 radical (unpaired) electrons. The number of rotatable bonds is 2. The number of carbonyl (C=O) groups is 1. The molecule has 1 fully saturated rings. The van der Waals surface area contributed by atoms with E-state index < -0.39 is 0 Å². The summed E-state index contributed by atoms with van der Waals surface area (Å²) in [4.78, 5) is 10.9. The molecule has 1 rings (SSSR count). The second kappa shape index (κ2) is 2.31. The molecule has 1 aliphatic heterocycles. The zero-order chi connectivity index (χ0) is 6.85. The molecule has 0 saturated carbocycles. The number of ketones is 1. The summed E-state index contributed by atoms with van der Waals surface area (Å²) in [5, 5.41) is 0. The van der Waals surface area contributed by atoms with E-state index in [1.807, 2.05) is 0 Å². The summed E-state index contributed by atoms with van der Waals surface area (Å²) in [6.45, 7) is 5.89. The zero-order valence-corrected chi connectivity index (χ0v) is 5.44. The van der Waals surface area contributed by atoms with Gasteiger partial charge in [0.2, 0.25) is 0 Å². The molecule has 0 N–H and O–H groups in total. The van der Waals surface area contributed by atoms with Crippen molar-refractivity contribution >= 4 is 5.78 Å². The van der Waals surface area contributed by atoms with Gasteiger partial charge in [0.15, 0.2) is 11.9 Å². The van der Waals surface area contributed by atoms with Crippen LogP contribution in [0.2, 0.25) is 0 Å². The quantitative estimate of drug-likeness (QED) is 0.516. The Morgan fingerprint density at radius 2 is 2.33 bits per heavy atom. The van der Waals surface area contributed by atoms with Crippen LogP contribution in [0, 0.1) is 6.10 Å². The first-order valence-electron chi connectivity index (χ1n) is 2.90. The highest BCUT2D eigenvalue weighted by atomic mass is 16.5. The second-order valence-electron chi connectivity index (χ2n) is 2.13. The highest BCUT2D eigenvalue weighted by Gasteiger charge is 2.27.